The highest BCUT2D eigenvalue weighted by atomic mass is 32.1. The molecule has 0 aliphatic carbocycles. The summed E-state index contributed by atoms with van der Waals surface area (Å²) in [5, 5.41) is 18.8. The van der Waals surface area contributed by atoms with E-state index >= 15 is 0 Å². The van der Waals surface area contributed by atoms with Gasteiger partial charge in [-0.15, -0.1) is 11.3 Å². The number of hydrogen-bond acceptors (Lipinski definition) is 10. The van der Waals surface area contributed by atoms with E-state index in [0.717, 1.165) is 18.4 Å². The maximum absolute atomic E-state index is 12.1. The molecule has 1 aromatic heterocycles. The van der Waals surface area contributed by atoms with Crippen molar-refractivity contribution in [2.45, 2.75) is 20.3 Å². The van der Waals surface area contributed by atoms with Gasteiger partial charge in [0.25, 0.3) is 0 Å². The first-order chi connectivity index (χ1) is 13.3. The zero-order valence-corrected chi connectivity index (χ0v) is 16.5. The van der Waals surface area contributed by atoms with Crippen molar-refractivity contribution in [1.29, 1.82) is 5.26 Å². The average Bonchev–Trinajstić information content (AvgIpc) is 2.98. The summed E-state index contributed by atoms with van der Waals surface area (Å²) in [5.41, 5.74) is -0.166. The predicted molar refractivity (Wildman–Crippen MR) is 97.2 cm³/mol. The van der Waals surface area contributed by atoms with Crippen LogP contribution >= 0.6 is 11.3 Å². The molecule has 0 aliphatic heterocycles. The molecule has 0 saturated carbocycles. The van der Waals surface area contributed by atoms with E-state index in [-0.39, 0.29) is 34.2 Å². The fraction of sp³-hybridized carbons (Fsp3) is 0.471. The number of rotatable bonds is 10. The molecule has 0 radical (unpaired) electrons. The van der Waals surface area contributed by atoms with E-state index in [9.17, 15) is 24.4 Å². The largest absolute Gasteiger partial charge is 0.481 e. The molecule has 1 heterocycles. The standard InChI is InChI=1S/C17H20N2O8S/c1-4-26-13(22)8-19(9-14(23)27-5-2)16-11(7-18)10(6-12(20)21)15(28-16)17(24)25-3/h4-6,8-9H2,1-3H3,(H,20,21). The van der Waals surface area contributed by atoms with Crippen LogP contribution in [0, 0.1) is 11.3 Å². The van der Waals surface area contributed by atoms with Gasteiger partial charge in [0.15, 0.2) is 0 Å². The fourth-order valence-electron chi connectivity index (χ4n) is 2.29. The molecule has 0 spiro atoms. The number of esters is 3. The van der Waals surface area contributed by atoms with Gasteiger partial charge in [-0.3, -0.25) is 14.4 Å². The average molecular weight is 412 g/mol. The first kappa shape index (κ1) is 22.9. The van der Waals surface area contributed by atoms with Crippen molar-refractivity contribution in [3.05, 3.63) is 16.0 Å². The van der Waals surface area contributed by atoms with Crippen molar-refractivity contribution < 1.29 is 38.5 Å². The fourth-order valence-corrected chi connectivity index (χ4v) is 3.48. The van der Waals surface area contributed by atoms with Gasteiger partial charge in [0.05, 0.1) is 32.3 Å². The number of carboxylic acid groups (broad SMARTS) is 1. The molecule has 0 aliphatic rings. The van der Waals surface area contributed by atoms with Crippen LogP contribution < -0.4 is 4.90 Å². The second-order valence-electron chi connectivity index (χ2n) is 5.23. The number of carbonyl (C=O) groups excluding carboxylic acids is 3. The number of anilines is 1. The summed E-state index contributed by atoms with van der Waals surface area (Å²) < 4.78 is 14.4. The summed E-state index contributed by atoms with van der Waals surface area (Å²) in [7, 11) is 1.12. The molecule has 0 saturated heterocycles. The van der Waals surface area contributed by atoms with Gasteiger partial charge in [0.2, 0.25) is 0 Å². The topological polar surface area (TPSA) is 143 Å². The van der Waals surface area contributed by atoms with Crippen LogP contribution in [0.1, 0.15) is 34.6 Å². The van der Waals surface area contributed by atoms with Crippen molar-refractivity contribution in [3.8, 4) is 6.07 Å². The highest BCUT2D eigenvalue weighted by Gasteiger charge is 2.30. The Hall–Kier alpha value is -3.13. The van der Waals surface area contributed by atoms with Gasteiger partial charge in [-0.2, -0.15) is 5.26 Å². The van der Waals surface area contributed by atoms with Crippen molar-refractivity contribution >= 4 is 40.2 Å². The number of nitriles is 1. The maximum atomic E-state index is 12.1. The Morgan fingerprint density at radius 2 is 1.64 bits per heavy atom. The predicted octanol–water partition coefficient (Wildman–Crippen LogP) is 0.966. The van der Waals surface area contributed by atoms with Crippen LogP contribution in [0.5, 0.6) is 0 Å². The van der Waals surface area contributed by atoms with E-state index in [1.165, 1.54) is 4.90 Å². The molecule has 1 aromatic rings. The molecule has 0 amide bonds. The van der Waals surface area contributed by atoms with Gasteiger partial charge >= 0.3 is 23.9 Å². The molecule has 1 N–H and O–H groups in total. The summed E-state index contributed by atoms with van der Waals surface area (Å²) in [5.74, 6) is -3.41. The van der Waals surface area contributed by atoms with Gasteiger partial charge in [0.1, 0.15) is 29.0 Å². The lowest BCUT2D eigenvalue weighted by atomic mass is 10.1. The summed E-state index contributed by atoms with van der Waals surface area (Å²) in [4.78, 5) is 48.3. The summed E-state index contributed by atoms with van der Waals surface area (Å²) in [6.07, 6.45) is -0.601. The van der Waals surface area contributed by atoms with E-state index in [2.05, 4.69) is 4.74 Å². The second-order valence-corrected chi connectivity index (χ2v) is 6.23. The molecule has 0 fully saturated rings. The smallest absolute Gasteiger partial charge is 0.348 e. The van der Waals surface area contributed by atoms with Crippen molar-refractivity contribution in [2.75, 3.05) is 38.3 Å². The van der Waals surface area contributed by atoms with Crippen LogP contribution in [-0.4, -0.2) is 62.4 Å². The van der Waals surface area contributed by atoms with Gasteiger partial charge in [-0.25, -0.2) is 4.79 Å². The van der Waals surface area contributed by atoms with Gasteiger partial charge in [-0.05, 0) is 13.8 Å². The lowest BCUT2D eigenvalue weighted by molar-refractivity contribution is -0.142. The van der Waals surface area contributed by atoms with E-state index in [1.54, 1.807) is 13.8 Å². The quantitative estimate of drug-likeness (QED) is 0.436. The van der Waals surface area contributed by atoms with Crippen molar-refractivity contribution in [2.24, 2.45) is 0 Å². The molecule has 11 heteroatoms. The van der Waals surface area contributed by atoms with Gasteiger partial charge < -0.3 is 24.2 Å². The molecule has 0 unspecified atom stereocenters. The molecule has 1 rings (SSSR count). The molecule has 0 bridgehead atoms. The van der Waals surface area contributed by atoms with Crippen LogP contribution in [0.4, 0.5) is 5.00 Å². The van der Waals surface area contributed by atoms with Crippen molar-refractivity contribution in [3.63, 3.8) is 0 Å². The number of thiophene rings is 1. The Bertz CT molecular complexity index is 776. The van der Waals surface area contributed by atoms with Gasteiger partial charge in [0, 0.05) is 5.56 Å². The van der Waals surface area contributed by atoms with Gasteiger partial charge in [-0.1, -0.05) is 0 Å². The zero-order valence-electron chi connectivity index (χ0n) is 15.6. The highest BCUT2D eigenvalue weighted by Crippen LogP contribution is 2.37. The lowest BCUT2D eigenvalue weighted by Crippen LogP contribution is -2.36. The van der Waals surface area contributed by atoms with Crippen LogP contribution in [0.15, 0.2) is 0 Å². The Labute approximate surface area is 165 Å². The van der Waals surface area contributed by atoms with E-state index in [4.69, 9.17) is 14.6 Å². The van der Waals surface area contributed by atoms with Crippen LogP contribution in [0.25, 0.3) is 0 Å². The number of carboxylic acids is 1. The highest BCUT2D eigenvalue weighted by molar-refractivity contribution is 7.18. The summed E-state index contributed by atoms with van der Waals surface area (Å²) >= 11 is 0.764. The van der Waals surface area contributed by atoms with E-state index in [0.29, 0.717) is 0 Å². The third kappa shape index (κ3) is 5.95. The van der Waals surface area contributed by atoms with E-state index < -0.39 is 43.4 Å². The Balaban J connectivity index is 3.48. The number of carbonyl (C=O) groups is 4. The molecule has 10 nitrogen and oxygen atoms in total. The normalized spacial score (nSPS) is 9.93. The van der Waals surface area contributed by atoms with Crippen LogP contribution in [0.3, 0.4) is 0 Å². The molecular formula is C17H20N2O8S. The first-order valence-corrected chi connectivity index (χ1v) is 9.02. The van der Waals surface area contributed by atoms with E-state index in [1.807, 2.05) is 6.07 Å². The number of aliphatic carboxylic acids is 1. The molecule has 0 aromatic carbocycles. The number of nitrogens with zero attached hydrogens (tertiary/aromatic N) is 2. The first-order valence-electron chi connectivity index (χ1n) is 8.20. The van der Waals surface area contributed by atoms with Crippen LogP contribution in [-0.2, 0) is 35.0 Å². The maximum Gasteiger partial charge on any atom is 0.348 e. The second kappa shape index (κ2) is 10.9. The minimum absolute atomic E-state index is 0.0421. The van der Waals surface area contributed by atoms with Crippen molar-refractivity contribution in [1.82, 2.24) is 0 Å². The number of ether oxygens (including phenoxy) is 3. The summed E-state index contributed by atoms with van der Waals surface area (Å²) in [6, 6.07) is 1.85. The minimum atomic E-state index is -1.26. The molecule has 28 heavy (non-hydrogen) atoms. The Morgan fingerprint density at radius 3 is 2.04 bits per heavy atom. The molecule has 0 atom stereocenters. The SMILES string of the molecule is CCOC(=O)CN(CC(=O)OCC)c1sc(C(=O)OC)c(CC(=O)O)c1C#N. The minimum Gasteiger partial charge on any atom is -0.481 e. The monoisotopic (exact) mass is 412 g/mol. The zero-order chi connectivity index (χ0) is 21.3. The van der Waals surface area contributed by atoms with Crippen LogP contribution in [0.2, 0.25) is 0 Å². The third-order valence-corrected chi connectivity index (χ3v) is 4.61. The Morgan fingerprint density at radius 1 is 1.11 bits per heavy atom. The molecule has 152 valence electrons. The third-order valence-electron chi connectivity index (χ3n) is 3.34. The number of methoxy groups -OCH3 is 1. The summed E-state index contributed by atoms with van der Waals surface area (Å²) in [6.45, 7) is 2.65. The number of hydrogen-bond donors (Lipinski definition) is 1. The lowest BCUT2D eigenvalue weighted by Gasteiger charge is -2.21. The Kier molecular flexibility index (Phi) is 8.90. The molecular weight excluding hydrogens is 392 g/mol.